The van der Waals surface area contributed by atoms with Gasteiger partial charge in [-0.3, -0.25) is 9.59 Å². The lowest BCUT2D eigenvalue weighted by molar-refractivity contribution is -0.130. The van der Waals surface area contributed by atoms with Crippen molar-refractivity contribution in [1.29, 1.82) is 0 Å². The number of ether oxygens (including phenoxy) is 1. The van der Waals surface area contributed by atoms with Crippen LogP contribution in [0.15, 0.2) is 18.2 Å². The summed E-state index contributed by atoms with van der Waals surface area (Å²) < 4.78 is 5.06. The lowest BCUT2D eigenvalue weighted by atomic mass is 10.1. The van der Waals surface area contributed by atoms with Crippen LogP contribution >= 0.6 is 0 Å². The Balaban J connectivity index is 1.55. The predicted octanol–water partition coefficient (Wildman–Crippen LogP) is 1.81. The molecule has 2 fully saturated rings. The average Bonchev–Trinajstić information content (AvgIpc) is 3.23. The van der Waals surface area contributed by atoms with Crippen LogP contribution in [0.4, 0.5) is 0 Å². The maximum atomic E-state index is 12.4. The molecule has 0 bridgehead atoms. The third-order valence-corrected chi connectivity index (χ3v) is 5.01. The van der Waals surface area contributed by atoms with E-state index in [1.165, 1.54) is 20.0 Å². The van der Waals surface area contributed by atoms with Gasteiger partial charge in [0.25, 0.3) is 0 Å². The molecule has 1 aromatic carbocycles. The third-order valence-electron chi connectivity index (χ3n) is 5.01. The fourth-order valence-corrected chi connectivity index (χ4v) is 3.64. The predicted molar refractivity (Wildman–Crippen MR) is 88.6 cm³/mol. The van der Waals surface area contributed by atoms with Crippen LogP contribution in [0.5, 0.6) is 11.5 Å². The van der Waals surface area contributed by atoms with E-state index in [0.29, 0.717) is 31.3 Å². The van der Waals surface area contributed by atoms with Crippen molar-refractivity contribution < 1.29 is 19.4 Å². The molecular formula is C18H24N2O4. The minimum absolute atomic E-state index is 0.0705. The molecule has 2 amide bonds. The Kier molecular flexibility index (Phi) is 4.92. The van der Waals surface area contributed by atoms with Gasteiger partial charge in [0.05, 0.1) is 13.0 Å². The van der Waals surface area contributed by atoms with Gasteiger partial charge in [-0.05, 0) is 30.5 Å². The van der Waals surface area contributed by atoms with Crippen LogP contribution in [0.3, 0.4) is 0 Å². The summed E-state index contributed by atoms with van der Waals surface area (Å²) in [6.45, 7) is 0.887. The van der Waals surface area contributed by atoms with Gasteiger partial charge in [0.15, 0.2) is 11.5 Å². The summed E-state index contributed by atoms with van der Waals surface area (Å²) in [5.41, 5.74) is 0.843. The van der Waals surface area contributed by atoms with E-state index in [1.807, 2.05) is 4.90 Å². The van der Waals surface area contributed by atoms with Crippen LogP contribution in [0.25, 0.3) is 0 Å². The van der Waals surface area contributed by atoms with Crippen molar-refractivity contribution in [3.8, 4) is 11.5 Å². The van der Waals surface area contributed by atoms with Gasteiger partial charge in [0, 0.05) is 25.6 Å². The number of phenols is 1. The van der Waals surface area contributed by atoms with Gasteiger partial charge in [0.2, 0.25) is 11.8 Å². The minimum Gasteiger partial charge on any atom is -0.504 e. The molecule has 130 valence electrons. The number of carbonyl (C=O) groups excluding carboxylic acids is 2. The number of aromatic hydroxyl groups is 1. The summed E-state index contributed by atoms with van der Waals surface area (Å²) in [7, 11) is 1.49. The van der Waals surface area contributed by atoms with Crippen molar-refractivity contribution in [3.63, 3.8) is 0 Å². The topological polar surface area (TPSA) is 78.9 Å². The van der Waals surface area contributed by atoms with Crippen molar-refractivity contribution in [2.45, 2.75) is 44.7 Å². The van der Waals surface area contributed by atoms with Crippen molar-refractivity contribution in [1.82, 2.24) is 10.2 Å². The zero-order chi connectivity index (χ0) is 17.1. The summed E-state index contributed by atoms with van der Waals surface area (Å²) >= 11 is 0. The molecule has 1 saturated carbocycles. The standard InChI is InChI=1S/C18H24N2O4/c1-24-16-8-12(6-7-15(16)21)10-19-18(23)13-9-17(22)20(11-13)14-4-2-3-5-14/h6-8,13-14,21H,2-5,9-11H2,1H3,(H,19,23). The molecule has 1 atom stereocenters. The number of rotatable bonds is 5. The van der Waals surface area contributed by atoms with E-state index in [0.717, 1.165) is 18.4 Å². The normalized spacial score (nSPS) is 21.3. The van der Waals surface area contributed by atoms with E-state index in [9.17, 15) is 14.7 Å². The number of nitrogens with zero attached hydrogens (tertiary/aromatic N) is 1. The molecule has 0 radical (unpaired) electrons. The van der Waals surface area contributed by atoms with Gasteiger partial charge in [0.1, 0.15) is 0 Å². The van der Waals surface area contributed by atoms with Gasteiger partial charge in [-0.2, -0.15) is 0 Å². The molecule has 1 unspecified atom stereocenters. The van der Waals surface area contributed by atoms with Crippen LogP contribution in [-0.4, -0.2) is 41.5 Å². The fourth-order valence-electron chi connectivity index (χ4n) is 3.64. The molecule has 1 aromatic rings. The van der Waals surface area contributed by atoms with Crippen molar-refractivity contribution in [2.75, 3.05) is 13.7 Å². The third kappa shape index (κ3) is 3.47. The summed E-state index contributed by atoms with van der Waals surface area (Å²) in [4.78, 5) is 26.5. The lowest BCUT2D eigenvalue weighted by Crippen LogP contribution is -2.36. The van der Waals surface area contributed by atoms with Gasteiger partial charge >= 0.3 is 0 Å². The number of likely N-dealkylation sites (tertiary alicyclic amines) is 1. The largest absolute Gasteiger partial charge is 0.504 e. The highest BCUT2D eigenvalue weighted by Gasteiger charge is 2.38. The monoisotopic (exact) mass is 332 g/mol. The second-order valence-electron chi connectivity index (χ2n) is 6.61. The Bertz CT molecular complexity index is 625. The molecular weight excluding hydrogens is 308 g/mol. The number of benzene rings is 1. The molecule has 2 aliphatic rings. The Morgan fingerprint density at radius 1 is 1.38 bits per heavy atom. The van der Waals surface area contributed by atoms with Crippen LogP contribution in [-0.2, 0) is 16.1 Å². The molecule has 3 rings (SSSR count). The first-order valence-corrected chi connectivity index (χ1v) is 8.51. The smallest absolute Gasteiger partial charge is 0.225 e. The molecule has 24 heavy (non-hydrogen) atoms. The van der Waals surface area contributed by atoms with Crippen LogP contribution in [0, 0.1) is 5.92 Å². The highest BCUT2D eigenvalue weighted by molar-refractivity contribution is 5.89. The Morgan fingerprint density at radius 3 is 2.83 bits per heavy atom. The SMILES string of the molecule is COc1cc(CNC(=O)C2CC(=O)N(C3CCCC3)C2)ccc1O. The number of amides is 2. The Hall–Kier alpha value is -2.24. The van der Waals surface area contributed by atoms with Gasteiger partial charge in [-0.15, -0.1) is 0 Å². The first-order valence-electron chi connectivity index (χ1n) is 8.51. The van der Waals surface area contributed by atoms with Crippen LogP contribution in [0.2, 0.25) is 0 Å². The Labute approximate surface area is 141 Å². The molecule has 2 N–H and O–H groups in total. The van der Waals surface area contributed by atoms with Gasteiger partial charge < -0.3 is 20.1 Å². The lowest BCUT2D eigenvalue weighted by Gasteiger charge is -2.23. The van der Waals surface area contributed by atoms with Crippen molar-refractivity contribution >= 4 is 11.8 Å². The highest BCUT2D eigenvalue weighted by Crippen LogP contribution is 2.30. The van der Waals surface area contributed by atoms with Gasteiger partial charge in [-0.25, -0.2) is 0 Å². The van der Waals surface area contributed by atoms with E-state index in [-0.39, 0.29) is 23.5 Å². The first kappa shape index (κ1) is 16.6. The molecule has 1 saturated heterocycles. The van der Waals surface area contributed by atoms with E-state index >= 15 is 0 Å². The molecule has 1 aliphatic carbocycles. The number of hydrogen-bond donors (Lipinski definition) is 2. The quantitative estimate of drug-likeness (QED) is 0.862. The number of hydrogen-bond acceptors (Lipinski definition) is 4. The average molecular weight is 332 g/mol. The molecule has 0 aromatic heterocycles. The van der Waals surface area contributed by atoms with Crippen LogP contribution in [0.1, 0.15) is 37.7 Å². The molecule has 1 heterocycles. The van der Waals surface area contributed by atoms with Gasteiger partial charge in [-0.1, -0.05) is 18.9 Å². The minimum atomic E-state index is -0.267. The second kappa shape index (κ2) is 7.11. The zero-order valence-corrected chi connectivity index (χ0v) is 14.0. The van der Waals surface area contributed by atoms with E-state index < -0.39 is 0 Å². The zero-order valence-electron chi connectivity index (χ0n) is 14.0. The maximum absolute atomic E-state index is 12.4. The van der Waals surface area contributed by atoms with Crippen molar-refractivity contribution in [3.05, 3.63) is 23.8 Å². The second-order valence-corrected chi connectivity index (χ2v) is 6.61. The fraction of sp³-hybridized carbons (Fsp3) is 0.556. The molecule has 0 spiro atoms. The van der Waals surface area contributed by atoms with E-state index in [2.05, 4.69) is 5.32 Å². The molecule has 6 heteroatoms. The summed E-state index contributed by atoms with van der Waals surface area (Å²) in [5, 5.41) is 12.5. The maximum Gasteiger partial charge on any atom is 0.225 e. The summed E-state index contributed by atoms with van der Waals surface area (Å²) in [6, 6.07) is 5.31. The molecule has 1 aliphatic heterocycles. The van der Waals surface area contributed by atoms with Crippen molar-refractivity contribution in [2.24, 2.45) is 5.92 Å². The highest BCUT2D eigenvalue weighted by atomic mass is 16.5. The number of carbonyl (C=O) groups is 2. The number of nitrogens with one attached hydrogen (secondary N) is 1. The number of methoxy groups -OCH3 is 1. The summed E-state index contributed by atoms with van der Waals surface area (Å²) in [6.07, 6.45) is 4.78. The number of phenolic OH excluding ortho intramolecular Hbond substituents is 1. The van der Waals surface area contributed by atoms with E-state index in [4.69, 9.17) is 4.74 Å². The first-order chi connectivity index (χ1) is 11.6. The van der Waals surface area contributed by atoms with Crippen LogP contribution < -0.4 is 10.1 Å². The Morgan fingerprint density at radius 2 is 2.12 bits per heavy atom. The van der Waals surface area contributed by atoms with E-state index in [1.54, 1.807) is 18.2 Å². The molecule has 6 nitrogen and oxygen atoms in total. The summed E-state index contributed by atoms with van der Waals surface area (Å²) in [5.74, 6) is 0.202.